The summed E-state index contributed by atoms with van der Waals surface area (Å²) in [6.07, 6.45) is 18.6. The van der Waals surface area contributed by atoms with Crippen LogP contribution in [0.15, 0.2) is 12.2 Å². The van der Waals surface area contributed by atoms with Crippen LogP contribution in [0.25, 0.3) is 0 Å². The van der Waals surface area contributed by atoms with Crippen molar-refractivity contribution in [2.45, 2.75) is 84.5 Å². The summed E-state index contributed by atoms with van der Waals surface area (Å²) in [6, 6.07) is 0. The molecule has 0 aliphatic carbocycles. The first-order valence-electron chi connectivity index (χ1n) is 8.05. The van der Waals surface area contributed by atoms with Crippen LogP contribution in [-0.4, -0.2) is 12.6 Å². The van der Waals surface area contributed by atoms with Gasteiger partial charge in [0.05, 0.1) is 6.61 Å². The molecule has 2 nitrogen and oxygen atoms in total. The molecule has 0 rings (SSSR count). The summed E-state index contributed by atoms with van der Waals surface area (Å²) in [7, 11) is 0. The lowest BCUT2D eigenvalue weighted by atomic mass is 10.1. The third kappa shape index (κ3) is 17.2. The Balaban J connectivity index is 3.02. The first-order valence-corrected chi connectivity index (χ1v) is 8.05. The van der Waals surface area contributed by atoms with Crippen molar-refractivity contribution in [3.05, 3.63) is 12.2 Å². The molecule has 0 atom stereocenters. The lowest BCUT2D eigenvalue weighted by Crippen LogP contribution is -1.99. The Kier molecular flexibility index (Phi) is 14.6. The van der Waals surface area contributed by atoms with E-state index in [0.717, 1.165) is 6.42 Å². The fraction of sp³-hybridized carbons (Fsp3) is 0.824. The molecule has 0 N–H and O–H groups in total. The monoisotopic (exact) mass is 268 g/mol. The Hall–Kier alpha value is -0.790. The number of hydrogen-bond donors (Lipinski definition) is 0. The summed E-state index contributed by atoms with van der Waals surface area (Å²) in [6.45, 7) is 4.30. The van der Waals surface area contributed by atoms with Gasteiger partial charge in [-0.15, -0.1) is 0 Å². The van der Waals surface area contributed by atoms with Crippen LogP contribution in [-0.2, 0) is 9.53 Å². The fourth-order valence-corrected chi connectivity index (χ4v) is 2.02. The first-order chi connectivity index (χ1) is 9.27. The molecule has 0 saturated carbocycles. The molecule has 0 aromatic rings. The molecule has 0 aliphatic heterocycles. The molecule has 0 amide bonds. The summed E-state index contributed by atoms with van der Waals surface area (Å²) in [5.74, 6) is -0.160. The van der Waals surface area contributed by atoms with Crippen molar-refractivity contribution in [1.29, 1.82) is 0 Å². The highest BCUT2D eigenvalue weighted by molar-refractivity contribution is 5.65. The van der Waals surface area contributed by atoms with E-state index in [9.17, 15) is 4.79 Å². The molecule has 0 heterocycles. The zero-order chi connectivity index (χ0) is 14.2. The number of hydrogen-bond acceptors (Lipinski definition) is 2. The summed E-state index contributed by atoms with van der Waals surface area (Å²) in [5, 5.41) is 0. The standard InChI is InChI=1S/C17H32O2/c1-3-4-5-6-7-8-9-10-11-12-13-14-15-16-19-17(2)18/h6-7H,3-5,8-16H2,1-2H3. The highest BCUT2D eigenvalue weighted by atomic mass is 16.5. The van der Waals surface area contributed by atoms with E-state index in [1.165, 1.54) is 71.1 Å². The van der Waals surface area contributed by atoms with Gasteiger partial charge in [0.25, 0.3) is 0 Å². The highest BCUT2D eigenvalue weighted by Gasteiger charge is 1.94. The van der Waals surface area contributed by atoms with Crippen LogP contribution < -0.4 is 0 Å². The van der Waals surface area contributed by atoms with Crippen LogP contribution >= 0.6 is 0 Å². The van der Waals surface area contributed by atoms with Crippen LogP contribution in [0.3, 0.4) is 0 Å². The summed E-state index contributed by atoms with van der Waals surface area (Å²) < 4.78 is 4.90. The lowest BCUT2D eigenvalue weighted by molar-refractivity contribution is -0.141. The molecule has 2 heteroatoms. The number of esters is 1. The van der Waals surface area contributed by atoms with Gasteiger partial charge in [0.2, 0.25) is 0 Å². The first kappa shape index (κ1) is 18.2. The van der Waals surface area contributed by atoms with Gasteiger partial charge in [-0.25, -0.2) is 0 Å². The van der Waals surface area contributed by atoms with Crippen molar-refractivity contribution in [3.63, 3.8) is 0 Å². The van der Waals surface area contributed by atoms with Crippen molar-refractivity contribution < 1.29 is 9.53 Å². The molecule has 0 unspecified atom stereocenters. The molecule has 0 radical (unpaired) electrons. The lowest BCUT2D eigenvalue weighted by Gasteiger charge is -2.02. The molecule has 0 aromatic carbocycles. The van der Waals surface area contributed by atoms with Crippen LogP contribution in [0.5, 0.6) is 0 Å². The number of allylic oxidation sites excluding steroid dienone is 2. The Labute approximate surface area is 119 Å². The van der Waals surface area contributed by atoms with Gasteiger partial charge in [0.1, 0.15) is 0 Å². The number of unbranched alkanes of at least 4 members (excludes halogenated alkanes) is 9. The largest absolute Gasteiger partial charge is 0.466 e. The van der Waals surface area contributed by atoms with E-state index in [-0.39, 0.29) is 5.97 Å². The van der Waals surface area contributed by atoms with Crippen molar-refractivity contribution in [1.82, 2.24) is 0 Å². The third-order valence-corrected chi connectivity index (χ3v) is 3.21. The topological polar surface area (TPSA) is 26.3 Å². The molecule has 0 aromatic heterocycles. The predicted molar refractivity (Wildman–Crippen MR) is 82.2 cm³/mol. The number of rotatable bonds is 13. The van der Waals surface area contributed by atoms with E-state index in [1.54, 1.807) is 0 Å². The maximum Gasteiger partial charge on any atom is 0.302 e. The van der Waals surface area contributed by atoms with Gasteiger partial charge in [-0.1, -0.05) is 64.0 Å². The van der Waals surface area contributed by atoms with E-state index in [0.29, 0.717) is 6.61 Å². The van der Waals surface area contributed by atoms with Gasteiger partial charge >= 0.3 is 5.97 Å². The Morgan fingerprint density at radius 1 is 0.842 bits per heavy atom. The maximum atomic E-state index is 10.5. The second-order valence-corrected chi connectivity index (χ2v) is 5.22. The Morgan fingerprint density at radius 3 is 1.95 bits per heavy atom. The molecule has 0 bridgehead atoms. The van der Waals surface area contributed by atoms with Gasteiger partial charge in [0.15, 0.2) is 0 Å². The number of ether oxygens (including phenoxy) is 1. The Morgan fingerprint density at radius 2 is 1.37 bits per heavy atom. The molecule has 0 fully saturated rings. The third-order valence-electron chi connectivity index (χ3n) is 3.21. The molecule has 0 saturated heterocycles. The highest BCUT2D eigenvalue weighted by Crippen LogP contribution is 2.09. The van der Waals surface area contributed by atoms with Gasteiger partial charge in [-0.2, -0.15) is 0 Å². The summed E-state index contributed by atoms with van der Waals surface area (Å²) >= 11 is 0. The van der Waals surface area contributed by atoms with Crippen LogP contribution in [0.4, 0.5) is 0 Å². The quantitative estimate of drug-likeness (QED) is 0.253. The number of carbonyl (C=O) groups excluding carboxylic acids is 1. The fourth-order valence-electron chi connectivity index (χ4n) is 2.02. The minimum atomic E-state index is -0.160. The average molecular weight is 268 g/mol. The normalized spacial score (nSPS) is 11.1. The zero-order valence-electron chi connectivity index (χ0n) is 13.0. The van der Waals surface area contributed by atoms with Crippen molar-refractivity contribution >= 4 is 5.97 Å². The molecular formula is C17H32O2. The summed E-state index contributed by atoms with van der Waals surface area (Å²) in [5.41, 5.74) is 0. The van der Waals surface area contributed by atoms with Crippen molar-refractivity contribution in [2.75, 3.05) is 6.61 Å². The van der Waals surface area contributed by atoms with E-state index in [4.69, 9.17) is 4.74 Å². The van der Waals surface area contributed by atoms with Crippen molar-refractivity contribution in [3.8, 4) is 0 Å². The van der Waals surface area contributed by atoms with E-state index >= 15 is 0 Å². The average Bonchev–Trinajstić information content (AvgIpc) is 2.39. The maximum absolute atomic E-state index is 10.5. The molecule has 112 valence electrons. The predicted octanol–water partition coefficient (Wildman–Crippen LogP) is 5.42. The van der Waals surface area contributed by atoms with Crippen LogP contribution in [0.2, 0.25) is 0 Å². The second-order valence-electron chi connectivity index (χ2n) is 5.22. The van der Waals surface area contributed by atoms with Gasteiger partial charge in [-0.05, 0) is 25.7 Å². The smallest absolute Gasteiger partial charge is 0.302 e. The minimum absolute atomic E-state index is 0.160. The number of carbonyl (C=O) groups is 1. The molecule has 0 spiro atoms. The molecule has 0 aliphatic rings. The van der Waals surface area contributed by atoms with Crippen LogP contribution in [0.1, 0.15) is 84.5 Å². The zero-order valence-corrected chi connectivity index (χ0v) is 13.0. The summed E-state index contributed by atoms with van der Waals surface area (Å²) in [4.78, 5) is 10.5. The van der Waals surface area contributed by atoms with Gasteiger partial charge in [0, 0.05) is 6.92 Å². The minimum Gasteiger partial charge on any atom is -0.466 e. The van der Waals surface area contributed by atoms with E-state index < -0.39 is 0 Å². The SMILES string of the molecule is CCCCC=CCCCCCCCCCOC(C)=O. The molecule has 19 heavy (non-hydrogen) atoms. The van der Waals surface area contributed by atoms with Crippen molar-refractivity contribution in [2.24, 2.45) is 0 Å². The van der Waals surface area contributed by atoms with Gasteiger partial charge < -0.3 is 4.74 Å². The second kappa shape index (κ2) is 15.3. The van der Waals surface area contributed by atoms with E-state index in [1.807, 2.05) is 0 Å². The molecular weight excluding hydrogens is 236 g/mol. The van der Waals surface area contributed by atoms with Crippen LogP contribution in [0, 0.1) is 0 Å². The van der Waals surface area contributed by atoms with Gasteiger partial charge in [-0.3, -0.25) is 4.79 Å². The van der Waals surface area contributed by atoms with E-state index in [2.05, 4.69) is 19.1 Å². The Bertz CT molecular complexity index is 221.